The van der Waals surface area contributed by atoms with Crippen molar-refractivity contribution in [1.29, 1.82) is 0 Å². The van der Waals surface area contributed by atoms with Crippen LogP contribution in [0.3, 0.4) is 0 Å². The molecule has 0 aromatic carbocycles. The molecule has 1 aliphatic rings. The number of aliphatic hydroxyl groups excluding tert-OH is 1. The Hall–Kier alpha value is -1.24. The number of aliphatic hydroxyl groups is 1. The maximum atomic E-state index is 9.22. The second-order valence-electron chi connectivity index (χ2n) is 4.88. The van der Waals surface area contributed by atoms with E-state index in [0.29, 0.717) is 18.3 Å². The van der Waals surface area contributed by atoms with Crippen LogP contribution in [0, 0.1) is 12.8 Å². The second-order valence-corrected chi connectivity index (χ2v) is 4.88. The molecule has 0 spiro atoms. The molecular weight excluding hydrogens is 230 g/mol. The van der Waals surface area contributed by atoms with E-state index in [2.05, 4.69) is 20.3 Å². The topological polar surface area (TPSA) is 87.3 Å². The molecule has 0 bridgehead atoms. The molecule has 0 amide bonds. The molecule has 18 heavy (non-hydrogen) atoms. The van der Waals surface area contributed by atoms with Crippen LogP contribution in [0.5, 0.6) is 0 Å². The smallest absolute Gasteiger partial charge is 0.145 e. The van der Waals surface area contributed by atoms with E-state index in [1.165, 1.54) is 0 Å². The molecular formula is C12H21N5O. The number of hydrazine groups is 1. The lowest BCUT2D eigenvalue weighted by atomic mass is 9.99. The minimum absolute atomic E-state index is 0.265. The van der Waals surface area contributed by atoms with Crippen LogP contribution in [0.2, 0.25) is 0 Å². The lowest BCUT2D eigenvalue weighted by Gasteiger charge is -2.31. The van der Waals surface area contributed by atoms with Gasteiger partial charge in [0, 0.05) is 24.9 Å². The zero-order chi connectivity index (χ0) is 13.0. The summed E-state index contributed by atoms with van der Waals surface area (Å²) in [5.74, 6) is 7.19. The van der Waals surface area contributed by atoms with Crippen molar-refractivity contribution < 1.29 is 5.11 Å². The van der Waals surface area contributed by atoms with Gasteiger partial charge in [-0.25, -0.2) is 15.8 Å². The van der Waals surface area contributed by atoms with Crippen LogP contribution < -0.4 is 11.3 Å². The van der Waals surface area contributed by atoms with Gasteiger partial charge in [0.15, 0.2) is 0 Å². The number of likely N-dealkylation sites (tertiary alicyclic amines) is 1. The normalized spacial score (nSPS) is 20.9. The molecule has 1 fully saturated rings. The average Bonchev–Trinajstić information content (AvgIpc) is 2.38. The van der Waals surface area contributed by atoms with E-state index in [9.17, 15) is 5.11 Å². The zero-order valence-corrected chi connectivity index (χ0v) is 10.8. The number of nitrogens with two attached hydrogens (primary N) is 1. The molecule has 1 aromatic heterocycles. The van der Waals surface area contributed by atoms with Gasteiger partial charge in [0.25, 0.3) is 0 Å². The van der Waals surface area contributed by atoms with Crippen LogP contribution in [-0.4, -0.2) is 39.7 Å². The SMILES string of the molecule is Cc1cc(NN)nc(CN2CCCC(CO)C2)n1. The summed E-state index contributed by atoms with van der Waals surface area (Å²) in [5, 5.41) is 9.22. The molecule has 4 N–H and O–H groups in total. The Morgan fingerprint density at radius 2 is 2.39 bits per heavy atom. The summed E-state index contributed by atoms with van der Waals surface area (Å²) in [6, 6.07) is 1.82. The highest BCUT2D eigenvalue weighted by Crippen LogP contribution is 2.17. The number of nitrogens with zero attached hydrogens (tertiary/aromatic N) is 3. The highest BCUT2D eigenvalue weighted by atomic mass is 16.3. The van der Waals surface area contributed by atoms with Gasteiger partial charge in [-0.2, -0.15) is 0 Å². The van der Waals surface area contributed by atoms with Crippen molar-refractivity contribution in [3.63, 3.8) is 0 Å². The van der Waals surface area contributed by atoms with Gasteiger partial charge in [0.1, 0.15) is 11.6 Å². The van der Waals surface area contributed by atoms with Gasteiger partial charge >= 0.3 is 0 Å². The van der Waals surface area contributed by atoms with E-state index in [0.717, 1.165) is 37.4 Å². The molecule has 0 saturated carbocycles. The number of aromatic nitrogens is 2. The van der Waals surface area contributed by atoms with Crippen molar-refractivity contribution in [3.8, 4) is 0 Å². The molecule has 6 heteroatoms. The Kier molecular flexibility index (Phi) is 4.46. The van der Waals surface area contributed by atoms with E-state index in [1.54, 1.807) is 0 Å². The van der Waals surface area contributed by atoms with Crippen LogP contribution in [0.1, 0.15) is 24.4 Å². The van der Waals surface area contributed by atoms with Crippen molar-refractivity contribution in [2.24, 2.45) is 11.8 Å². The standard InChI is InChI=1S/C12H21N5O/c1-9-5-11(16-13)15-12(14-9)7-17-4-2-3-10(6-17)8-18/h5,10,18H,2-4,6-8,13H2,1H3,(H,14,15,16). The number of nitrogen functional groups attached to an aromatic ring is 1. The first-order chi connectivity index (χ1) is 8.71. The summed E-state index contributed by atoms with van der Waals surface area (Å²) in [5.41, 5.74) is 3.46. The molecule has 0 aliphatic carbocycles. The average molecular weight is 251 g/mol. The molecule has 1 atom stereocenters. The summed E-state index contributed by atoms with van der Waals surface area (Å²) >= 11 is 0. The van der Waals surface area contributed by atoms with Crippen LogP contribution in [-0.2, 0) is 6.54 Å². The fourth-order valence-electron chi connectivity index (χ4n) is 2.42. The fourth-order valence-corrected chi connectivity index (χ4v) is 2.42. The van der Waals surface area contributed by atoms with Crippen molar-refractivity contribution in [1.82, 2.24) is 14.9 Å². The highest BCUT2D eigenvalue weighted by molar-refractivity contribution is 5.33. The quantitative estimate of drug-likeness (QED) is 0.526. The zero-order valence-electron chi connectivity index (χ0n) is 10.8. The van der Waals surface area contributed by atoms with E-state index in [-0.39, 0.29) is 6.61 Å². The van der Waals surface area contributed by atoms with Gasteiger partial charge in [-0.05, 0) is 32.2 Å². The highest BCUT2D eigenvalue weighted by Gasteiger charge is 2.20. The number of hydrogen-bond acceptors (Lipinski definition) is 6. The Bertz CT molecular complexity index is 398. The van der Waals surface area contributed by atoms with Crippen molar-refractivity contribution in [3.05, 3.63) is 17.6 Å². The van der Waals surface area contributed by atoms with Gasteiger partial charge in [-0.3, -0.25) is 4.90 Å². The van der Waals surface area contributed by atoms with Gasteiger partial charge in [-0.1, -0.05) is 0 Å². The summed E-state index contributed by atoms with van der Waals surface area (Å²) in [6.07, 6.45) is 2.23. The van der Waals surface area contributed by atoms with Gasteiger partial charge in [-0.15, -0.1) is 0 Å². The number of hydrogen-bond donors (Lipinski definition) is 3. The maximum absolute atomic E-state index is 9.22. The Morgan fingerprint density at radius 1 is 1.56 bits per heavy atom. The van der Waals surface area contributed by atoms with Gasteiger partial charge in [0.05, 0.1) is 6.54 Å². The molecule has 1 aromatic rings. The predicted octanol–water partition coefficient (Wildman–Crippen LogP) is 0.275. The summed E-state index contributed by atoms with van der Waals surface area (Å²) < 4.78 is 0. The third-order valence-electron chi connectivity index (χ3n) is 3.27. The maximum Gasteiger partial charge on any atom is 0.145 e. The van der Waals surface area contributed by atoms with Crippen molar-refractivity contribution in [2.75, 3.05) is 25.1 Å². The van der Waals surface area contributed by atoms with E-state index >= 15 is 0 Å². The largest absolute Gasteiger partial charge is 0.396 e. The Morgan fingerprint density at radius 3 is 3.11 bits per heavy atom. The first-order valence-electron chi connectivity index (χ1n) is 6.35. The number of nitrogens with one attached hydrogen (secondary N) is 1. The molecule has 1 unspecified atom stereocenters. The number of piperidine rings is 1. The summed E-state index contributed by atoms with van der Waals surface area (Å²) in [7, 11) is 0. The van der Waals surface area contributed by atoms with Crippen molar-refractivity contribution in [2.45, 2.75) is 26.3 Å². The first kappa shape index (κ1) is 13.2. The minimum atomic E-state index is 0.265. The van der Waals surface area contributed by atoms with Crippen LogP contribution >= 0.6 is 0 Å². The fraction of sp³-hybridized carbons (Fsp3) is 0.667. The predicted molar refractivity (Wildman–Crippen MR) is 69.7 cm³/mol. The van der Waals surface area contributed by atoms with Crippen molar-refractivity contribution >= 4 is 5.82 Å². The second kappa shape index (κ2) is 6.08. The van der Waals surface area contributed by atoms with Crippen LogP contribution in [0.25, 0.3) is 0 Å². The number of anilines is 1. The van der Waals surface area contributed by atoms with Crippen LogP contribution in [0.15, 0.2) is 6.07 Å². The number of aryl methyl sites for hydroxylation is 1. The molecule has 2 rings (SSSR count). The van der Waals surface area contributed by atoms with Gasteiger partial charge in [0.2, 0.25) is 0 Å². The molecule has 1 aliphatic heterocycles. The molecule has 100 valence electrons. The molecule has 1 saturated heterocycles. The lowest BCUT2D eigenvalue weighted by molar-refractivity contribution is 0.114. The van der Waals surface area contributed by atoms with E-state index in [4.69, 9.17) is 5.84 Å². The monoisotopic (exact) mass is 251 g/mol. The number of rotatable bonds is 4. The van der Waals surface area contributed by atoms with Gasteiger partial charge < -0.3 is 10.5 Å². The van der Waals surface area contributed by atoms with Crippen LogP contribution in [0.4, 0.5) is 5.82 Å². The lowest BCUT2D eigenvalue weighted by Crippen LogP contribution is -2.36. The molecule has 0 radical (unpaired) electrons. The third kappa shape index (κ3) is 3.38. The molecule has 6 nitrogen and oxygen atoms in total. The summed E-state index contributed by atoms with van der Waals surface area (Å²) in [6.45, 7) is 4.87. The van der Waals surface area contributed by atoms with E-state index in [1.807, 2.05) is 13.0 Å². The first-order valence-corrected chi connectivity index (χ1v) is 6.35. The summed E-state index contributed by atoms with van der Waals surface area (Å²) in [4.78, 5) is 11.1. The van der Waals surface area contributed by atoms with E-state index < -0.39 is 0 Å². The Balaban J connectivity index is 2.02. The third-order valence-corrected chi connectivity index (χ3v) is 3.27. The Labute approximate surface area is 107 Å². The minimum Gasteiger partial charge on any atom is -0.396 e. The molecule has 2 heterocycles.